The fourth-order valence-corrected chi connectivity index (χ4v) is 3.29. The van der Waals surface area contributed by atoms with E-state index in [2.05, 4.69) is 0 Å². The van der Waals surface area contributed by atoms with Gasteiger partial charge in [-0.25, -0.2) is 0 Å². The monoisotopic (exact) mass is 318 g/mol. The summed E-state index contributed by atoms with van der Waals surface area (Å²) < 4.78 is 5.82. The number of carbonyl (C=O) groups excluding carboxylic acids is 1. The highest BCUT2D eigenvalue weighted by Gasteiger charge is 2.34. The van der Waals surface area contributed by atoms with E-state index >= 15 is 0 Å². The van der Waals surface area contributed by atoms with E-state index in [0.29, 0.717) is 24.7 Å². The zero-order valence-electron chi connectivity index (χ0n) is 13.6. The Labute approximate surface area is 137 Å². The Hall–Kier alpha value is -1.84. The molecule has 4 heteroatoms. The van der Waals surface area contributed by atoms with E-state index in [1.807, 2.05) is 30.3 Å². The average Bonchev–Trinajstić information content (AvgIpc) is 2.90. The molecule has 1 aromatic carbocycles. The highest BCUT2D eigenvalue weighted by Crippen LogP contribution is 2.33. The van der Waals surface area contributed by atoms with Crippen molar-refractivity contribution < 1.29 is 19.4 Å². The Morgan fingerprint density at radius 1 is 1.13 bits per heavy atom. The first kappa shape index (κ1) is 17.5. The molecule has 1 aliphatic carbocycles. The van der Waals surface area contributed by atoms with Crippen LogP contribution in [0.1, 0.15) is 51.4 Å². The molecule has 126 valence electrons. The van der Waals surface area contributed by atoms with E-state index in [4.69, 9.17) is 9.84 Å². The Bertz CT molecular complexity index is 497. The van der Waals surface area contributed by atoms with Crippen LogP contribution in [0.2, 0.25) is 0 Å². The second-order valence-corrected chi connectivity index (χ2v) is 6.34. The van der Waals surface area contributed by atoms with Crippen LogP contribution in [0.3, 0.4) is 0 Å². The van der Waals surface area contributed by atoms with Crippen molar-refractivity contribution in [2.45, 2.75) is 51.4 Å². The zero-order valence-corrected chi connectivity index (χ0v) is 13.6. The Kier molecular flexibility index (Phi) is 7.11. The summed E-state index contributed by atoms with van der Waals surface area (Å²) in [5, 5.41) is 8.61. The van der Waals surface area contributed by atoms with Crippen LogP contribution in [0.25, 0.3) is 0 Å². The number of carboxylic acid groups (broad SMARTS) is 1. The number of carboxylic acids is 1. The molecule has 0 spiro atoms. The third-order valence-electron chi connectivity index (χ3n) is 4.61. The fourth-order valence-electron chi connectivity index (χ4n) is 3.29. The molecule has 2 atom stereocenters. The number of hydrogen-bond acceptors (Lipinski definition) is 3. The molecule has 0 saturated heterocycles. The van der Waals surface area contributed by atoms with E-state index in [1.165, 1.54) is 0 Å². The van der Waals surface area contributed by atoms with Gasteiger partial charge in [-0.3, -0.25) is 9.59 Å². The lowest BCUT2D eigenvalue weighted by atomic mass is 9.90. The highest BCUT2D eigenvalue weighted by atomic mass is 16.5. The van der Waals surface area contributed by atoms with Gasteiger partial charge in [0.05, 0.1) is 6.61 Å². The van der Waals surface area contributed by atoms with Gasteiger partial charge in [0, 0.05) is 24.7 Å². The van der Waals surface area contributed by atoms with Crippen LogP contribution in [0.15, 0.2) is 30.3 Å². The SMILES string of the molecule is O=C(O)CCCCCC[C@H]1C(=O)CC[C@H]1COc1ccccc1. The number of benzene rings is 1. The highest BCUT2D eigenvalue weighted by molar-refractivity contribution is 5.83. The van der Waals surface area contributed by atoms with Gasteiger partial charge < -0.3 is 9.84 Å². The van der Waals surface area contributed by atoms with Crippen molar-refractivity contribution in [3.05, 3.63) is 30.3 Å². The molecule has 4 nitrogen and oxygen atoms in total. The number of ether oxygens (including phenoxy) is 1. The summed E-state index contributed by atoms with van der Waals surface area (Å²) in [6.07, 6.45) is 6.42. The third kappa shape index (κ3) is 6.05. The molecule has 23 heavy (non-hydrogen) atoms. The maximum absolute atomic E-state index is 12.1. The maximum atomic E-state index is 12.1. The first-order valence-electron chi connectivity index (χ1n) is 8.59. The Morgan fingerprint density at radius 2 is 1.87 bits per heavy atom. The fraction of sp³-hybridized carbons (Fsp3) is 0.579. The van der Waals surface area contributed by atoms with Crippen LogP contribution in [0.4, 0.5) is 0 Å². The molecule has 0 unspecified atom stereocenters. The second kappa shape index (κ2) is 9.33. The van der Waals surface area contributed by atoms with E-state index in [0.717, 1.165) is 44.3 Å². The minimum Gasteiger partial charge on any atom is -0.493 e. The van der Waals surface area contributed by atoms with E-state index < -0.39 is 5.97 Å². The number of Topliss-reactive ketones (excluding diaryl/α,β-unsaturated/α-hetero) is 1. The molecule has 1 aliphatic rings. The number of carbonyl (C=O) groups is 2. The molecular weight excluding hydrogens is 292 g/mol. The normalized spacial score (nSPS) is 20.6. The van der Waals surface area contributed by atoms with Gasteiger partial charge in [-0.05, 0) is 31.4 Å². The number of hydrogen-bond donors (Lipinski definition) is 1. The van der Waals surface area contributed by atoms with Crippen molar-refractivity contribution in [3.8, 4) is 5.75 Å². The molecule has 1 fully saturated rings. The Morgan fingerprint density at radius 3 is 2.61 bits per heavy atom. The van der Waals surface area contributed by atoms with Gasteiger partial charge in [0.1, 0.15) is 11.5 Å². The molecule has 1 saturated carbocycles. The molecule has 1 N–H and O–H groups in total. The van der Waals surface area contributed by atoms with Crippen LogP contribution in [0.5, 0.6) is 5.75 Å². The Balaban J connectivity index is 1.68. The molecule has 0 radical (unpaired) electrons. The number of rotatable bonds is 10. The number of ketones is 1. The minimum atomic E-state index is -0.728. The van der Waals surface area contributed by atoms with Crippen LogP contribution in [-0.2, 0) is 9.59 Å². The smallest absolute Gasteiger partial charge is 0.303 e. The van der Waals surface area contributed by atoms with Gasteiger partial charge in [-0.1, -0.05) is 37.5 Å². The summed E-state index contributed by atoms with van der Waals surface area (Å²) in [4.78, 5) is 22.5. The lowest BCUT2D eigenvalue weighted by Gasteiger charge is -2.19. The summed E-state index contributed by atoms with van der Waals surface area (Å²) in [5.41, 5.74) is 0. The molecular formula is C19H26O4. The van der Waals surface area contributed by atoms with Gasteiger partial charge in [-0.15, -0.1) is 0 Å². The third-order valence-corrected chi connectivity index (χ3v) is 4.61. The molecule has 0 bridgehead atoms. The van der Waals surface area contributed by atoms with Crippen LogP contribution in [-0.4, -0.2) is 23.5 Å². The van der Waals surface area contributed by atoms with Gasteiger partial charge in [-0.2, -0.15) is 0 Å². The number of para-hydroxylation sites is 1. The lowest BCUT2D eigenvalue weighted by molar-refractivity contribution is -0.137. The quantitative estimate of drug-likeness (QED) is 0.660. The predicted octanol–water partition coefficient (Wildman–Crippen LogP) is 4.09. The van der Waals surface area contributed by atoms with Crippen molar-refractivity contribution in [2.24, 2.45) is 11.8 Å². The molecule has 0 aliphatic heterocycles. The van der Waals surface area contributed by atoms with Crippen molar-refractivity contribution in [1.82, 2.24) is 0 Å². The first-order chi connectivity index (χ1) is 11.2. The van der Waals surface area contributed by atoms with Crippen LogP contribution < -0.4 is 4.74 Å². The van der Waals surface area contributed by atoms with Gasteiger partial charge in [0.15, 0.2) is 0 Å². The van der Waals surface area contributed by atoms with Crippen molar-refractivity contribution in [3.63, 3.8) is 0 Å². The van der Waals surface area contributed by atoms with Crippen molar-refractivity contribution >= 4 is 11.8 Å². The molecule has 0 aromatic heterocycles. The molecule has 0 heterocycles. The largest absolute Gasteiger partial charge is 0.493 e. The number of aliphatic carboxylic acids is 1. The zero-order chi connectivity index (χ0) is 16.5. The van der Waals surface area contributed by atoms with Crippen LogP contribution in [0, 0.1) is 11.8 Å². The standard InChI is InChI=1S/C19H26O4/c20-18-13-12-15(14-23-16-8-4-3-5-9-16)17(18)10-6-1-2-7-11-19(21)22/h3-5,8-9,15,17H,1-2,6-7,10-14H2,(H,21,22)/t15-,17+/m0/s1. The van der Waals surface area contributed by atoms with E-state index in [9.17, 15) is 9.59 Å². The average molecular weight is 318 g/mol. The molecule has 1 aromatic rings. The van der Waals surface area contributed by atoms with E-state index in [1.54, 1.807) is 0 Å². The summed E-state index contributed by atoms with van der Waals surface area (Å²) in [6.45, 7) is 0.611. The first-order valence-corrected chi connectivity index (χ1v) is 8.59. The lowest BCUT2D eigenvalue weighted by Crippen LogP contribution is -2.20. The predicted molar refractivity (Wildman–Crippen MR) is 88.5 cm³/mol. The van der Waals surface area contributed by atoms with E-state index in [-0.39, 0.29) is 12.3 Å². The van der Waals surface area contributed by atoms with Crippen molar-refractivity contribution in [1.29, 1.82) is 0 Å². The van der Waals surface area contributed by atoms with Gasteiger partial charge in [0.25, 0.3) is 0 Å². The summed E-state index contributed by atoms with van der Waals surface area (Å²) in [5.74, 6) is 0.950. The van der Waals surface area contributed by atoms with Crippen molar-refractivity contribution in [2.75, 3.05) is 6.61 Å². The second-order valence-electron chi connectivity index (χ2n) is 6.34. The van der Waals surface area contributed by atoms with Gasteiger partial charge >= 0.3 is 5.97 Å². The summed E-state index contributed by atoms with van der Waals surface area (Å²) in [6, 6.07) is 9.73. The molecule has 0 amide bonds. The molecule has 2 rings (SSSR count). The van der Waals surface area contributed by atoms with Crippen LogP contribution >= 0.6 is 0 Å². The summed E-state index contributed by atoms with van der Waals surface area (Å²) in [7, 11) is 0. The summed E-state index contributed by atoms with van der Waals surface area (Å²) >= 11 is 0. The minimum absolute atomic E-state index is 0.123. The number of unbranched alkanes of at least 4 members (excludes halogenated alkanes) is 3. The van der Waals surface area contributed by atoms with Gasteiger partial charge in [0.2, 0.25) is 0 Å². The maximum Gasteiger partial charge on any atom is 0.303 e. The topological polar surface area (TPSA) is 63.6 Å².